The molecule has 3 aromatic carbocycles. The number of ketones is 1. The molecule has 3 N–H and O–H groups in total. The van der Waals surface area contributed by atoms with Crippen LogP contribution >= 0.6 is 11.8 Å². The fraction of sp³-hybridized carbons (Fsp3) is 0.394. The number of phenols is 2. The number of aryl methyl sites for hydroxylation is 3. The number of rotatable bonds is 9. The molecule has 4 rings (SSSR count). The summed E-state index contributed by atoms with van der Waals surface area (Å²) in [5, 5.41) is 28.6. The highest BCUT2D eigenvalue weighted by molar-refractivity contribution is 8.01. The van der Waals surface area contributed by atoms with Gasteiger partial charge in [-0.2, -0.15) is 0 Å². The van der Waals surface area contributed by atoms with Crippen LogP contribution in [0.15, 0.2) is 65.6 Å². The predicted molar refractivity (Wildman–Crippen MR) is 157 cm³/mol. The van der Waals surface area contributed by atoms with Crippen molar-refractivity contribution in [2.24, 2.45) is 0 Å². The number of aliphatic hydroxyl groups excluding tert-OH is 1. The second-order valence-electron chi connectivity index (χ2n) is 11.8. The molecule has 1 saturated heterocycles. The fourth-order valence-corrected chi connectivity index (χ4v) is 6.59. The van der Waals surface area contributed by atoms with Crippen molar-refractivity contribution in [1.82, 2.24) is 0 Å². The first-order valence-corrected chi connectivity index (χ1v) is 14.5. The lowest BCUT2D eigenvalue weighted by Gasteiger charge is -2.39. The van der Waals surface area contributed by atoms with Gasteiger partial charge in [0, 0.05) is 11.3 Å². The number of thioether (sulfide) groups is 1. The Bertz CT molecular complexity index is 1320. The highest BCUT2D eigenvalue weighted by Gasteiger charge is 2.47. The number of hydrogen-bond donors (Lipinski definition) is 3. The Labute approximate surface area is 240 Å². The van der Waals surface area contributed by atoms with Crippen LogP contribution in [0.3, 0.4) is 0 Å². The van der Waals surface area contributed by atoms with Gasteiger partial charge in [-0.25, -0.2) is 0 Å². The Morgan fingerprint density at radius 1 is 0.925 bits per heavy atom. The average molecular weight is 563 g/mol. The third-order valence-corrected chi connectivity index (χ3v) is 8.82. The fourth-order valence-electron chi connectivity index (χ4n) is 5.24. The molecular weight excluding hydrogens is 524 g/mol. The van der Waals surface area contributed by atoms with E-state index in [0.717, 1.165) is 32.7 Å². The number of cyclic esters (lactones) is 1. The summed E-state index contributed by atoms with van der Waals surface area (Å²) in [4.78, 5) is 28.1. The maximum absolute atomic E-state index is 13.7. The smallest absolute Gasteiger partial charge is 0.327 e. The van der Waals surface area contributed by atoms with E-state index in [0.29, 0.717) is 25.7 Å². The van der Waals surface area contributed by atoms with E-state index in [1.165, 1.54) is 11.8 Å². The second-order valence-corrected chi connectivity index (χ2v) is 12.9. The standard InChI is InChI=1S/C33H38O6S/c1-21-15-29(27(32(2,3)4)18-24(21)20-34)40-30-28(37)19-33(39-31(30)38,13-11-22-7-5-9-25(35)16-22)14-12-23-8-6-10-26(36)17-23/h5-10,15-18,30,34-36H,11-14,19-20H2,1-4H3. The van der Waals surface area contributed by atoms with E-state index in [9.17, 15) is 24.9 Å². The summed E-state index contributed by atoms with van der Waals surface area (Å²) in [6, 6.07) is 17.8. The predicted octanol–water partition coefficient (Wildman–Crippen LogP) is 6.18. The molecule has 1 aliphatic heterocycles. The van der Waals surface area contributed by atoms with Gasteiger partial charge in [-0.1, -0.05) is 51.1 Å². The maximum atomic E-state index is 13.7. The zero-order chi connectivity index (χ0) is 29.1. The van der Waals surface area contributed by atoms with Gasteiger partial charge in [0.05, 0.1) is 6.61 Å². The van der Waals surface area contributed by atoms with E-state index in [1.807, 2.05) is 31.2 Å². The molecule has 0 radical (unpaired) electrons. The quantitative estimate of drug-likeness (QED) is 0.211. The monoisotopic (exact) mass is 562 g/mol. The van der Waals surface area contributed by atoms with Gasteiger partial charge in [-0.15, -0.1) is 11.8 Å². The Hall–Kier alpha value is -3.29. The number of carbonyl (C=O) groups is 2. The number of esters is 1. The van der Waals surface area contributed by atoms with Crippen molar-refractivity contribution in [3.8, 4) is 11.5 Å². The SMILES string of the molecule is Cc1cc(SC2C(=O)CC(CCc3cccc(O)c3)(CCc3cccc(O)c3)OC2=O)c(C(C)(C)C)cc1CO. The van der Waals surface area contributed by atoms with Gasteiger partial charge in [0.2, 0.25) is 0 Å². The van der Waals surface area contributed by atoms with Crippen LogP contribution in [-0.4, -0.2) is 37.9 Å². The molecule has 1 unspecified atom stereocenters. The molecule has 6 nitrogen and oxygen atoms in total. The maximum Gasteiger partial charge on any atom is 0.327 e. The van der Waals surface area contributed by atoms with E-state index in [2.05, 4.69) is 20.8 Å². The largest absolute Gasteiger partial charge is 0.508 e. The molecule has 0 amide bonds. The van der Waals surface area contributed by atoms with Gasteiger partial charge in [0.25, 0.3) is 0 Å². The summed E-state index contributed by atoms with van der Waals surface area (Å²) in [7, 11) is 0. The minimum Gasteiger partial charge on any atom is -0.508 e. The summed E-state index contributed by atoms with van der Waals surface area (Å²) < 4.78 is 6.19. The van der Waals surface area contributed by atoms with Crippen LogP contribution in [0.4, 0.5) is 0 Å². The van der Waals surface area contributed by atoms with Crippen LogP contribution < -0.4 is 0 Å². The summed E-state index contributed by atoms with van der Waals surface area (Å²) in [5.74, 6) is -0.387. The lowest BCUT2D eigenvalue weighted by atomic mass is 9.82. The summed E-state index contributed by atoms with van der Waals surface area (Å²) in [6.07, 6.45) is 2.02. The summed E-state index contributed by atoms with van der Waals surface area (Å²) >= 11 is 1.23. The van der Waals surface area contributed by atoms with Gasteiger partial charge < -0.3 is 20.1 Å². The molecule has 0 saturated carbocycles. The first-order valence-electron chi connectivity index (χ1n) is 13.6. The topological polar surface area (TPSA) is 104 Å². The summed E-state index contributed by atoms with van der Waals surface area (Å²) in [6.45, 7) is 8.04. The third-order valence-electron chi connectivity index (χ3n) is 7.54. The number of hydrogen-bond acceptors (Lipinski definition) is 7. The highest BCUT2D eigenvalue weighted by Crippen LogP contribution is 2.42. The normalized spacial score (nSPS) is 17.1. The molecule has 0 aliphatic carbocycles. The number of aliphatic hydroxyl groups is 1. The number of ether oxygens (including phenoxy) is 1. The van der Waals surface area contributed by atoms with Crippen LogP contribution in [0.25, 0.3) is 0 Å². The molecule has 3 aromatic rings. The Morgan fingerprint density at radius 3 is 1.98 bits per heavy atom. The van der Waals surface area contributed by atoms with E-state index in [1.54, 1.807) is 36.4 Å². The van der Waals surface area contributed by atoms with Crippen molar-refractivity contribution in [2.75, 3.05) is 0 Å². The van der Waals surface area contributed by atoms with Crippen molar-refractivity contribution < 1.29 is 29.6 Å². The Morgan fingerprint density at radius 2 is 1.50 bits per heavy atom. The van der Waals surface area contributed by atoms with Crippen LogP contribution in [0.2, 0.25) is 0 Å². The molecular formula is C33H38O6S. The van der Waals surface area contributed by atoms with Gasteiger partial charge in [-0.05, 0) is 96.2 Å². The van der Waals surface area contributed by atoms with Crippen LogP contribution in [0, 0.1) is 6.92 Å². The van der Waals surface area contributed by atoms with E-state index < -0.39 is 16.8 Å². The number of phenolic OH excluding ortho intramolecular Hbond substituents is 2. The van der Waals surface area contributed by atoms with E-state index in [-0.39, 0.29) is 35.7 Å². The van der Waals surface area contributed by atoms with Crippen molar-refractivity contribution in [2.45, 2.75) is 87.6 Å². The molecule has 212 valence electrons. The Kier molecular flexibility index (Phi) is 8.96. The second kappa shape index (κ2) is 12.1. The first kappa shape index (κ1) is 29.7. The Balaban J connectivity index is 1.59. The third kappa shape index (κ3) is 7.07. The van der Waals surface area contributed by atoms with E-state index in [4.69, 9.17) is 4.74 Å². The number of Topliss-reactive ketones (excluding diaryl/α,β-unsaturated/α-hetero) is 1. The molecule has 40 heavy (non-hydrogen) atoms. The minimum absolute atomic E-state index is 0.0782. The lowest BCUT2D eigenvalue weighted by Crippen LogP contribution is -2.49. The minimum atomic E-state index is -0.994. The van der Waals surface area contributed by atoms with Gasteiger partial charge in [0.1, 0.15) is 17.1 Å². The molecule has 1 aliphatic rings. The molecule has 0 aromatic heterocycles. The molecule has 0 spiro atoms. The number of benzene rings is 3. The average Bonchev–Trinajstić information content (AvgIpc) is 2.88. The first-order chi connectivity index (χ1) is 18.9. The van der Waals surface area contributed by atoms with Crippen LogP contribution in [0.5, 0.6) is 11.5 Å². The lowest BCUT2D eigenvalue weighted by molar-refractivity contribution is -0.171. The summed E-state index contributed by atoms with van der Waals surface area (Å²) in [5.41, 5.74) is 3.24. The van der Waals surface area contributed by atoms with Gasteiger partial charge in [0.15, 0.2) is 11.0 Å². The van der Waals surface area contributed by atoms with Crippen molar-refractivity contribution in [3.63, 3.8) is 0 Å². The molecule has 1 atom stereocenters. The van der Waals surface area contributed by atoms with Crippen molar-refractivity contribution >= 4 is 23.5 Å². The van der Waals surface area contributed by atoms with E-state index >= 15 is 0 Å². The van der Waals surface area contributed by atoms with Gasteiger partial charge in [-0.3, -0.25) is 9.59 Å². The number of aromatic hydroxyl groups is 2. The van der Waals surface area contributed by atoms with Crippen molar-refractivity contribution in [3.05, 3.63) is 88.5 Å². The molecule has 7 heteroatoms. The molecule has 1 fully saturated rings. The number of carbonyl (C=O) groups excluding carboxylic acids is 2. The van der Waals surface area contributed by atoms with Crippen LogP contribution in [-0.2, 0) is 39.2 Å². The molecule has 0 bridgehead atoms. The zero-order valence-electron chi connectivity index (χ0n) is 23.6. The highest BCUT2D eigenvalue weighted by atomic mass is 32.2. The van der Waals surface area contributed by atoms with Gasteiger partial charge >= 0.3 is 5.97 Å². The van der Waals surface area contributed by atoms with Crippen LogP contribution in [0.1, 0.15) is 67.9 Å². The van der Waals surface area contributed by atoms with Crippen molar-refractivity contribution in [1.29, 1.82) is 0 Å². The molecule has 1 heterocycles. The zero-order valence-corrected chi connectivity index (χ0v) is 24.4.